The minimum absolute atomic E-state index is 0. The summed E-state index contributed by atoms with van der Waals surface area (Å²) in [7, 11) is 0. The smallest absolute Gasteiger partial charge is 0.870 e. The van der Waals surface area contributed by atoms with Gasteiger partial charge in [-0.3, -0.25) is 0 Å². The molecular formula is H4MgO3Zr. The van der Waals surface area contributed by atoms with E-state index in [1.807, 2.05) is 0 Å². The Labute approximate surface area is 65.3 Å². The molecule has 0 aliphatic heterocycles. The van der Waals surface area contributed by atoms with Crippen LogP contribution in [-0.4, -0.2) is 39.5 Å². The van der Waals surface area contributed by atoms with Crippen molar-refractivity contribution in [3.05, 3.63) is 0 Å². The van der Waals surface area contributed by atoms with E-state index in [0.29, 0.717) is 0 Å². The molecule has 0 heterocycles. The van der Waals surface area contributed by atoms with Gasteiger partial charge in [-0.2, -0.15) is 0 Å². The quantitative estimate of drug-likeness (QED) is 0.408. The predicted molar refractivity (Wildman–Crippen MR) is 13.2 cm³/mol. The van der Waals surface area contributed by atoms with Crippen LogP contribution in [0.25, 0.3) is 0 Å². The van der Waals surface area contributed by atoms with E-state index in [1.165, 1.54) is 0 Å². The zero-order valence-electron chi connectivity index (χ0n) is 2.60. The molecule has 3 nitrogen and oxygen atoms in total. The summed E-state index contributed by atoms with van der Waals surface area (Å²) in [6.45, 7) is 0. The molecule has 0 aliphatic carbocycles. The summed E-state index contributed by atoms with van der Waals surface area (Å²) in [5, 5.41) is 0. The Morgan fingerprint density at radius 3 is 0.800 bits per heavy atom. The van der Waals surface area contributed by atoms with E-state index in [9.17, 15) is 0 Å². The fourth-order valence-electron chi connectivity index (χ4n) is 0. The van der Waals surface area contributed by atoms with Crippen LogP contribution in [0.3, 0.4) is 0 Å². The van der Waals surface area contributed by atoms with Gasteiger partial charge in [0.1, 0.15) is 0 Å². The van der Waals surface area contributed by atoms with Gasteiger partial charge in [0.05, 0.1) is 0 Å². The van der Waals surface area contributed by atoms with Crippen LogP contribution in [0.5, 0.6) is 0 Å². The van der Waals surface area contributed by atoms with Crippen molar-refractivity contribution in [2.24, 2.45) is 0 Å². The van der Waals surface area contributed by atoms with Crippen LogP contribution in [0.15, 0.2) is 0 Å². The molecule has 0 aliphatic rings. The van der Waals surface area contributed by atoms with Crippen molar-refractivity contribution in [1.29, 1.82) is 0 Å². The first-order valence-electron chi connectivity index (χ1n) is 0. The summed E-state index contributed by atoms with van der Waals surface area (Å²) in [5.74, 6) is 0. The van der Waals surface area contributed by atoms with Gasteiger partial charge >= 0.3 is 23.1 Å². The largest absolute Gasteiger partial charge is 2.00 e. The van der Waals surface area contributed by atoms with Gasteiger partial charge in [0.25, 0.3) is 0 Å². The number of hydrogen-bond donors (Lipinski definition) is 0. The molecule has 0 saturated heterocycles. The third kappa shape index (κ3) is 29.4. The summed E-state index contributed by atoms with van der Waals surface area (Å²) in [5.41, 5.74) is 0. The summed E-state index contributed by atoms with van der Waals surface area (Å²) in [6.07, 6.45) is 0. The van der Waals surface area contributed by atoms with Crippen molar-refractivity contribution in [1.82, 2.24) is 0 Å². The fraction of sp³-hybridized carbons (Fsp3) is 0. The fourth-order valence-corrected chi connectivity index (χ4v) is 0. The van der Waals surface area contributed by atoms with Crippen molar-refractivity contribution in [3.63, 3.8) is 0 Å². The van der Waals surface area contributed by atoms with E-state index in [0.717, 1.165) is 0 Å². The Morgan fingerprint density at radius 2 is 0.800 bits per heavy atom. The zero-order valence-corrected chi connectivity index (χ0v) is 6.47. The zero-order chi connectivity index (χ0) is 0. The van der Waals surface area contributed by atoms with Crippen molar-refractivity contribution < 1.29 is 42.6 Å². The third-order valence-electron chi connectivity index (χ3n) is 0. The molecule has 0 atom stereocenters. The van der Waals surface area contributed by atoms with E-state index in [2.05, 4.69) is 0 Å². The van der Waals surface area contributed by atoms with E-state index in [4.69, 9.17) is 0 Å². The summed E-state index contributed by atoms with van der Waals surface area (Å²) in [4.78, 5) is 0. The van der Waals surface area contributed by atoms with Gasteiger partial charge < -0.3 is 16.4 Å². The van der Waals surface area contributed by atoms with Gasteiger partial charge in [-0.1, -0.05) is 0 Å². The maximum atomic E-state index is 0. The van der Waals surface area contributed by atoms with Crippen LogP contribution in [0.4, 0.5) is 0 Å². The molecule has 0 aromatic rings. The second-order valence-corrected chi connectivity index (χ2v) is 0. The molecule has 0 fully saturated rings. The van der Waals surface area contributed by atoms with Crippen LogP contribution < -0.4 is 0 Å². The molecule has 4 N–H and O–H groups in total. The maximum absolute atomic E-state index is 0. The predicted octanol–water partition coefficient (Wildman–Crippen LogP) is -1.56. The Bertz CT molecular complexity index is 6.85. The second kappa shape index (κ2) is 48.5. The number of hydrogen-bond acceptors (Lipinski definition) is 2. The van der Waals surface area contributed by atoms with Gasteiger partial charge in [0.2, 0.25) is 0 Å². The molecule has 0 aromatic carbocycles. The van der Waals surface area contributed by atoms with Gasteiger partial charge in [-0.15, -0.1) is 0 Å². The normalized spacial score (nSPS) is 0. The average Bonchev–Trinajstić information content (AvgIpc) is 0. The SMILES string of the molecule is O.[Mg+2].[OH-].[OH-].[Zr]. The third-order valence-corrected chi connectivity index (χ3v) is 0. The van der Waals surface area contributed by atoms with Crippen LogP contribution in [-0.2, 0) is 26.2 Å². The first kappa shape index (κ1) is 85.4. The second-order valence-electron chi connectivity index (χ2n) is 0. The molecule has 0 spiro atoms. The molecule has 5 heteroatoms. The van der Waals surface area contributed by atoms with Crippen molar-refractivity contribution in [2.45, 2.75) is 0 Å². The Balaban J connectivity index is 0. The van der Waals surface area contributed by atoms with Crippen LogP contribution in [0.2, 0.25) is 0 Å². The molecule has 0 radical (unpaired) electrons. The summed E-state index contributed by atoms with van der Waals surface area (Å²) < 4.78 is 0. The standard InChI is InChI=1S/Mg.3H2O.Zr/h;3*1H2;/q+2;;;;/p-2. The van der Waals surface area contributed by atoms with Gasteiger partial charge in [0, 0.05) is 26.2 Å². The topological polar surface area (TPSA) is 91.5 Å². The first-order chi connectivity index (χ1) is 0. The summed E-state index contributed by atoms with van der Waals surface area (Å²) in [6, 6.07) is 0. The Hall–Kier alpha value is 1.53. The Morgan fingerprint density at radius 1 is 0.800 bits per heavy atom. The monoisotopic (exact) mass is 166 g/mol. The molecule has 28 valence electrons. The van der Waals surface area contributed by atoms with E-state index in [-0.39, 0.29) is 65.7 Å². The molecular weight excluding hydrogens is 164 g/mol. The van der Waals surface area contributed by atoms with Gasteiger partial charge in [0.15, 0.2) is 0 Å². The molecule has 0 unspecified atom stereocenters. The minimum atomic E-state index is 0. The number of rotatable bonds is 0. The first-order valence-corrected chi connectivity index (χ1v) is 0. The van der Waals surface area contributed by atoms with Gasteiger partial charge in [-0.25, -0.2) is 0 Å². The molecule has 0 saturated carbocycles. The average molecular weight is 168 g/mol. The van der Waals surface area contributed by atoms with Crippen LogP contribution in [0.1, 0.15) is 0 Å². The molecule has 0 bridgehead atoms. The minimum Gasteiger partial charge on any atom is -0.870 e. The van der Waals surface area contributed by atoms with Crippen molar-refractivity contribution in [2.75, 3.05) is 0 Å². The van der Waals surface area contributed by atoms with Crippen LogP contribution in [0, 0.1) is 0 Å². The maximum Gasteiger partial charge on any atom is 2.00 e. The molecule has 0 aromatic heterocycles. The van der Waals surface area contributed by atoms with E-state index >= 15 is 0 Å². The van der Waals surface area contributed by atoms with Gasteiger partial charge in [-0.05, 0) is 0 Å². The molecule has 5 heavy (non-hydrogen) atoms. The summed E-state index contributed by atoms with van der Waals surface area (Å²) >= 11 is 0. The van der Waals surface area contributed by atoms with Crippen molar-refractivity contribution >= 4 is 23.1 Å². The Kier molecular flexibility index (Phi) is 828. The van der Waals surface area contributed by atoms with Crippen LogP contribution >= 0.6 is 0 Å². The molecule has 0 rings (SSSR count). The van der Waals surface area contributed by atoms with Crippen molar-refractivity contribution in [3.8, 4) is 0 Å². The van der Waals surface area contributed by atoms with E-state index in [1.54, 1.807) is 0 Å². The molecule has 0 amide bonds. The van der Waals surface area contributed by atoms with E-state index < -0.39 is 0 Å².